The van der Waals surface area contributed by atoms with Crippen molar-refractivity contribution in [2.75, 3.05) is 5.32 Å². The first-order valence-electron chi connectivity index (χ1n) is 6.94. The lowest BCUT2D eigenvalue weighted by molar-refractivity contribution is 0.590. The van der Waals surface area contributed by atoms with Gasteiger partial charge in [-0.3, -0.25) is 0 Å². The van der Waals surface area contributed by atoms with Crippen molar-refractivity contribution in [3.8, 4) is 6.07 Å². The Kier molecular flexibility index (Phi) is 3.95. The predicted octanol–water partition coefficient (Wildman–Crippen LogP) is 4.01. The molecule has 0 spiro atoms. The Morgan fingerprint density at radius 2 is 1.67 bits per heavy atom. The summed E-state index contributed by atoms with van der Waals surface area (Å²) in [7, 11) is 0. The molecule has 2 rings (SSSR count). The van der Waals surface area contributed by atoms with E-state index in [-0.39, 0.29) is 5.41 Å². The molecule has 0 saturated heterocycles. The Balaban J connectivity index is 2.31. The second-order valence-electron chi connectivity index (χ2n) is 6.20. The average Bonchev–Trinajstić information content (AvgIpc) is 2.43. The largest absolute Gasteiger partial charge is 0.338 e. The van der Waals surface area contributed by atoms with Gasteiger partial charge in [-0.15, -0.1) is 5.10 Å². The zero-order valence-corrected chi connectivity index (χ0v) is 13.2. The molecule has 0 aliphatic heterocycles. The number of aromatic nitrogens is 2. The smallest absolute Gasteiger partial charge is 0.171 e. The highest BCUT2D eigenvalue weighted by Crippen LogP contribution is 2.26. The van der Waals surface area contributed by atoms with E-state index in [4.69, 9.17) is 0 Å². The van der Waals surface area contributed by atoms with Crippen molar-refractivity contribution in [3.63, 3.8) is 0 Å². The number of hydrogen-bond donors (Lipinski definition) is 1. The topological polar surface area (TPSA) is 61.6 Å². The van der Waals surface area contributed by atoms with Crippen LogP contribution in [0.2, 0.25) is 0 Å². The maximum Gasteiger partial charge on any atom is 0.171 e. The molecule has 0 bridgehead atoms. The number of nitrogens with one attached hydrogen (secondary N) is 1. The van der Waals surface area contributed by atoms with Crippen molar-refractivity contribution in [2.24, 2.45) is 0 Å². The van der Waals surface area contributed by atoms with Crippen molar-refractivity contribution in [3.05, 3.63) is 46.6 Å². The third-order valence-corrected chi connectivity index (χ3v) is 3.58. The van der Waals surface area contributed by atoms with Gasteiger partial charge in [0.05, 0.1) is 5.69 Å². The lowest BCUT2D eigenvalue weighted by Gasteiger charge is -2.19. The Morgan fingerprint density at radius 1 is 1.05 bits per heavy atom. The molecule has 4 heteroatoms. The Morgan fingerprint density at radius 3 is 2.19 bits per heavy atom. The van der Waals surface area contributed by atoms with Crippen LogP contribution in [0.1, 0.15) is 43.2 Å². The van der Waals surface area contributed by atoms with Crippen LogP contribution in [-0.4, -0.2) is 10.2 Å². The van der Waals surface area contributed by atoms with Crippen LogP contribution >= 0.6 is 0 Å². The first-order valence-corrected chi connectivity index (χ1v) is 6.94. The molecule has 1 aromatic carbocycles. The van der Waals surface area contributed by atoms with E-state index < -0.39 is 0 Å². The van der Waals surface area contributed by atoms with Gasteiger partial charge in [0, 0.05) is 5.69 Å². The molecule has 1 aromatic heterocycles. The fourth-order valence-electron chi connectivity index (χ4n) is 2.02. The summed E-state index contributed by atoms with van der Waals surface area (Å²) in [4.78, 5) is 0. The average molecular weight is 280 g/mol. The van der Waals surface area contributed by atoms with Crippen molar-refractivity contribution in [2.45, 2.75) is 40.0 Å². The number of benzene rings is 1. The van der Waals surface area contributed by atoms with Gasteiger partial charge >= 0.3 is 0 Å². The maximum atomic E-state index is 9.29. The molecular formula is C17H20N4. The summed E-state index contributed by atoms with van der Waals surface area (Å²) in [5, 5.41) is 20.6. The van der Waals surface area contributed by atoms with Crippen molar-refractivity contribution in [1.82, 2.24) is 10.2 Å². The zero-order valence-electron chi connectivity index (χ0n) is 13.2. The summed E-state index contributed by atoms with van der Waals surface area (Å²) in [5.41, 5.74) is 4.47. The van der Waals surface area contributed by atoms with Crippen LogP contribution in [0.3, 0.4) is 0 Å². The van der Waals surface area contributed by atoms with E-state index in [9.17, 15) is 5.26 Å². The Labute approximate surface area is 125 Å². The van der Waals surface area contributed by atoms with E-state index >= 15 is 0 Å². The SMILES string of the molecule is Cc1nnc(Nc2ccc(C(C)(C)C)cc2)c(C#N)c1C. The van der Waals surface area contributed by atoms with Gasteiger partial charge in [0.1, 0.15) is 11.6 Å². The molecular weight excluding hydrogens is 260 g/mol. The van der Waals surface area contributed by atoms with Crippen LogP contribution in [0, 0.1) is 25.2 Å². The van der Waals surface area contributed by atoms with Crippen LogP contribution in [-0.2, 0) is 5.41 Å². The van der Waals surface area contributed by atoms with Gasteiger partial charge in [0.15, 0.2) is 5.82 Å². The number of nitrogens with zero attached hydrogens (tertiary/aromatic N) is 3. The molecule has 0 atom stereocenters. The molecule has 0 fully saturated rings. The molecule has 1 N–H and O–H groups in total. The van der Waals surface area contributed by atoms with Gasteiger partial charge in [-0.2, -0.15) is 10.4 Å². The minimum absolute atomic E-state index is 0.122. The summed E-state index contributed by atoms with van der Waals surface area (Å²) in [6.07, 6.45) is 0. The molecule has 4 nitrogen and oxygen atoms in total. The molecule has 0 unspecified atom stereocenters. The number of rotatable bonds is 2. The van der Waals surface area contributed by atoms with Gasteiger partial charge < -0.3 is 5.32 Å². The van der Waals surface area contributed by atoms with Crippen molar-refractivity contribution >= 4 is 11.5 Å². The van der Waals surface area contributed by atoms with Gasteiger partial charge in [-0.05, 0) is 42.5 Å². The highest BCUT2D eigenvalue weighted by atomic mass is 15.2. The molecule has 0 aliphatic rings. The van der Waals surface area contributed by atoms with Gasteiger partial charge in [-0.1, -0.05) is 32.9 Å². The van der Waals surface area contributed by atoms with Crippen LogP contribution in [0.5, 0.6) is 0 Å². The number of nitriles is 1. The summed E-state index contributed by atoms with van der Waals surface area (Å²) in [5.74, 6) is 0.504. The van der Waals surface area contributed by atoms with Crippen LogP contribution in [0.4, 0.5) is 11.5 Å². The van der Waals surface area contributed by atoms with E-state index in [1.54, 1.807) is 0 Å². The lowest BCUT2D eigenvalue weighted by atomic mass is 9.87. The fourth-order valence-corrected chi connectivity index (χ4v) is 2.02. The number of hydrogen-bond acceptors (Lipinski definition) is 4. The van der Waals surface area contributed by atoms with E-state index in [0.29, 0.717) is 11.4 Å². The van der Waals surface area contributed by atoms with Crippen molar-refractivity contribution < 1.29 is 0 Å². The third-order valence-electron chi connectivity index (χ3n) is 3.58. The highest BCUT2D eigenvalue weighted by molar-refractivity contribution is 5.64. The number of anilines is 2. The first-order chi connectivity index (χ1) is 9.82. The van der Waals surface area contributed by atoms with Gasteiger partial charge in [-0.25, -0.2) is 0 Å². The lowest BCUT2D eigenvalue weighted by Crippen LogP contribution is -2.10. The maximum absolute atomic E-state index is 9.29. The van der Waals surface area contributed by atoms with Crippen molar-refractivity contribution in [1.29, 1.82) is 5.26 Å². The second-order valence-corrected chi connectivity index (χ2v) is 6.20. The Bertz CT molecular complexity index is 688. The third kappa shape index (κ3) is 3.19. The molecule has 0 aliphatic carbocycles. The summed E-state index contributed by atoms with van der Waals surface area (Å²) < 4.78 is 0. The Hall–Kier alpha value is -2.41. The fraction of sp³-hybridized carbons (Fsp3) is 0.353. The van der Waals surface area contributed by atoms with E-state index in [2.05, 4.69) is 54.5 Å². The van der Waals surface area contributed by atoms with Crippen LogP contribution < -0.4 is 5.32 Å². The van der Waals surface area contributed by atoms with E-state index in [1.165, 1.54) is 5.56 Å². The quantitative estimate of drug-likeness (QED) is 0.903. The molecule has 21 heavy (non-hydrogen) atoms. The molecule has 0 amide bonds. The van der Waals surface area contributed by atoms with Gasteiger partial charge in [0.2, 0.25) is 0 Å². The minimum Gasteiger partial charge on any atom is -0.338 e. The summed E-state index contributed by atoms with van der Waals surface area (Å²) >= 11 is 0. The molecule has 0 radical (unpaired) electrons. The molecule has 2 aromatic rings. The second kappa shape index (κ2) is 5.53. The van der Waals surface area contributed by atoms with Crippen LogP contribution in [0.25, 0.3) is 0 Å². The minimum atomic E-state index is 0.122. The standard InChI is InChI=1S/C17H20N4/c1-11-12(2)20-21-16(15(11)10-18)19-14-8-6-13(7-9-14)17(3,4)5/h6-9H,1-5H3,(H,19,21). The molecule has 1 heterocycles. The normalized spacial score (nSPS) is 11.0. The van der Waals surface area contributed by atoms with E-state index in [0.717, 1.165) is 16.9 Å². The first kappa shape index (κ1) is 15.0. The zero-order chi connectivity index (χ0) is 15.6. The highest BCUT2D eigenvalue weighted by Gasteiger charge is 2.14. The summed E-state index contributed by atoms with van der Waals surface area (Å²) in [6, 6.07) is 10.4. The van der Waals surface area contributed by atoms with Crippen LogP contribution in [0.15, 0.2) is 24.3 Å². The summed E-state index contributed by atoms with van der Waals surface area (Å²) in [6.45, 7) is 10.3. The van der Waals surface area contributed by atoms with Gasteiger partial charge in [0.25, 0.3) is 0 Å². The van der Waals surface area contributed by atoms with E-state index in [1.807, 2.05) is 26.0 Å². The predicted molar refractivity (Wildman–Crippen MR) is 84.6 cm³/mol. The number of aryl methyl sites for hydroxylation is 1. The molecule has 0 saturated carbocycles. The monoisotopic (exact) mass is 280 g/mol. The molecule has 108 valence electrons.